The van der Waals surface area contributed by atoms with Crippen LogP contribution in [0.5, 0.6) is 0 Å². The summed E-state index contributed by atoms with van der Waals surface area (Å²) in [5, 5.41) is 28.4. The van der Waals surface area contributed by atoms with Crippen LogP contribution in [-0.4, -0.2) is 45.2 Å². The Hall–Kier alpha value is -1.21. The van der Waals surface area contributed by atoms with Gasteiger partial charge in [0.25, 0.3) is 5.56 Å². The van der Waals surface area contributed by atoms with Gasteiger partial charge in [-0.15, -0.1) is 0 Å². The molecule has 0 amide bonds. The van der Waals surface area contributed by atoms with Gasteiger partial charge in [-0.3, -0.25) is 4.79 Å². The molecule has 0 saturated carbocycles. The Balaban J connectivity index is 2.28. The van der Waals surface area contributed by atoms with Gasteiger partial charge in [-0.2, -0.15) is 0 Å². The number of ether oxygens (including phenoxy) is 1. The number of aromatic nitrogens is 1. The van der Waals surface area contributed by atoms with E-state index in [2.05, 4.69) is 4.98 Å². The van der Waals surface area contributed by atoms with Crippen molar-refractivity contribution in [3.8, 4) is 0 Å². The van der Waals surface area contributed by atoms with Crippen LogP contribution in [0.3, 0.4) is 0 Å². The number of aliphatic hydroxyl groups is 3. The molecule has 0 aromatic carbocycles. The molecule has 2 rings (SSSR count). The van der Waals surface area contributed by atoms with E-state index in [1.54, 1.807) is 13.0 Å². The SMILES string of the molecule is Cc1cc([C@@H]2O[C@H](CO)[C@@H](O)[C@H]2O)c[nH]c1=O. The highest BCUT2D eigenvalue weighted by molar-refractivity contribution is 5.22. The maximum absolute atomic E-state index is 11.2. The molecule has 4 N–H and O–H groups in total. The second-order valence-corrected chi connectivity index (χ2v) is 4.20. The van der Waals surface area contributed by atoms with Crippen molar-refractivity contribution in [1.82, 2.24) is 4.98 Å². The second-order valence-electron chi connectivity index (χ2n) is 4.20. The maximum atomic E-state index is 11.2. The predicted molar refractivity (Wildman–Crippen MR) is 58.5 cm³/mol. The number of nitrogens with one attached hydrogen (secondary N) is 1. The molecular weight excluding hydrogens is 226 g/mol. The van der Waals surface area contributed by atoms with E-state index in [1.165, 1.54) is 6.20 Å². The molecule has 1 aromatic rings. The molecule has 94 valence electrons. The van der Waals surface area contributed by atoms with Crippen molar-refractivity contribution in [1.29, 1.82) is 0 Å². The predicted octanol–water partition coefficient (Wildman–Crippen LogP) is -1.16. The molecule has 6 heteroatoms. The van der Waals surface area contributed by atoms with Crippen LogP contribution in [0.2, 0.25) is 0 Å². The third-order valence-electron chi connectivity index (χ3n) is 2.98. The fourth-order valence-corrected chi connectivity index (χ4v) is 1.96. The first-order valence-electron chi connectivity index (χ1n) is 5.36. The third kappa shape index (κ3) is 2.12. The fourth-order valence-electron chi connectivity index (χ4n) is 1.96. The van der Waals surface area contributed by atoms with Crippen LogP contribution in [-0.2, 0) is 4.74 Å². The molecule has 17 heavy (non-hydrogen) atoms. The molecule has 0 unspecified atom stereocenters. The van der Waals surface area contributed by atoms with Gasteiger partial charge in [0, 0.05) is 17.3 Å². The summed E-state index contributed by atoms with van der Waals surface area (Å²) in [6, 6.07) is 1.60. The number of rotatable bonds is 2. The summed E-state index contributed by atoms with van der Waals surface area (Å²) in [6.07, 6.45) is -2.34. The minimum atomic E-state index is -1.13. The van der Waals surface area contributed by atoms with Crippen LogP contribution in [0, 0.1) is 6.92 Å². The summed E-state index contributed by atoms with van der Waals surface area (Å²) < 4.78 is 5.34. The summed E-state index contributed by atoms with van der Waals surface area (Å²) in [4.78, 5) is 13.7. The molecule has 0 bridgehead atoms. The molecule has 1 aliphatic heterocycles. The monoisotopic (exact) mass is 241 g/mol. The summed E-state index contributed by atoms with van der Waals surface area (Å²) in [5.74, 6) is 0. The number of hydrogen-bond acceptors (Lipinski definition) is 5. The minimum Gasteiger partial charge on any atom is -0.394 e. The lowest BCUT2D eigenvalue weighted by molar-refractivity contribution is -0.0228. The molecule has 1 aromatic heterocycles. The van der Waals surface area contributed by atoms with Gasteiger partial charge in [0.2, 0.25) is 0 Å². The summed E-state index contributed by atoms with van der Waals surface area (Å²) >= 11 is 0. The first-order valence-corrected chi connectivity index (χ1v) is 5.36. The largest absolute Gasteiger partial charge is 0.394 e. The standard InChI is InChI=1S/C11H15NO5/c1-5-2-6(3-12-11(5)16)10-9(15)8(14)7(4-13)17-10/h2-3,7-10,13-15H,4H2,1H3,(H,12,16)/t7-,8-,9-,10+/m1/s1. The van der Waals surface area contributed by atoms with Crippen LogP contribution in [0.25, 0.3) is 0 Å². The van der Waals surface area contributed by atoms with Gasteiger partial charge in [0.1, 0.15) is 24.4 Å². The Labute approximate surface area is 97.5 Å². The topological polar surface area (TPSA) is 103 Å². The fraction of sp³-hybridized carbons (Fsp3) is 0.545. The molecule has 1 fully saturated rings. The van der Waals surface area contributed by atoms with Gasteiger partial charge in [-0.05, 0) is 13.0 Å². The number of pyridine rings is 1. The van der Waals surface area contributed by atoms with Crippen molar-refractivity contribution in [2.24, 2.45) is 0 Å². The Morgan fingerprint density at radius 3 is 2.65 bits per heavy atom. The van der Waals surface area contributed by atoms with Gasteiger partial charge >= 0.3 is 0 Å². The smallest absolute Gasteiger partial charge is 0.250 e. The zero-order valence-corrected chi connectivity index (χ0v) is 9.33. The average Bonchev–Trinajstić information content (AvgIpc) is 2.60. The van der Waals surface area contributed by atoms with Crippen molar-refractivity contribution >= 4 is 0 Å². The lowest BCUT2D eigenvalue weighted by Gasteiger charge is -2.14. The Kier molecular flexibility index (Phi) is 3.30. The first-order chi connectivity index (χ1) is 8.04. The highest BCUT2D eigenvalue weighted by atomic mass is 16.6. The highest BCUT2D eigenvalue weighted by Gasteiger charge is 2.43. The van der Waals surface area contributed by atoms with Crippen molar-refractivity contribution in [3.63, 3.8) is 0 Å². The second kappa shape index (κ2) is 4.58. The average molecular weight is 241 g/mol. The van der Waals surface area contributed by atoms with E-state index < -0.39 is 24.4 Å². The van der Waals surface area contributed by atoms with Crippen molar-refractivity contribution < 1.29 is 20.1 Å². The van der Waals surface area contributed by atoms with E-state index in [1.807, 2.05) is 0 Å². The lowest BCUT2D eigenvalue weighted by Crippen LogP contribution is -2.32. The zero-order valence-electron chi connectivity index (χ0n) is 9.33. The number of aromatic amines is 1. The van der Waals surface area contributed by atoms with E-state index >= 15 is 0 Å². The van der Waals surface area contributed by atoms with E-state index in [4.69, 9.17) is 9.84 Å². The molecular formula is C11H15NO5. The number of hydrogen-bond donors (Lipinski definition) is 4. The van der Waals surface area contributed by atoms with Crippen molar-refractivity contribution in [2.75, 3.05) is 6.61 Å². The van der Waals surface area contributed by atoms with Crippen LogP contribution in [0.4, 0.5) is 0 Å². The molecule has 4 atom stereocenters. The summed E-state index contributed by atoms with van der Waals surface area (Å²) in [5.41, 5.74) is 0.866. The number of aliphatic hydroxyl groups excluding tert-OH is 3. The first kappa shape index (κ1) is 12.3. The molecule has 1 saturated heterocycles. The Bertz CT molecular complexity index is 457. The summed E-state index contributed by atoms with van der Waals surface area (Å²) in [7, 11) is 0. The van der Waals surface area contributed by atoms with Crippen LogP contribution in [0.15, 0.2) is 17.1 Å². The Morgan fingerprint density at radius 2 is 2.12 bits per heavy atom. The molecule has 1 aliphatic rings. The molecule has 0 radical (unpaired) electrons. The number of aryl methyl sites for hydroxylation is 1. The van der Waals surface area contributed by atoms with Gasteiger partial charge < -0.3 is 25.0 Å². The molecule has 0 aliphatic carbocycles. The number of H-pyrrole nitrogens is 1. The van der Waals surface area contributed by atoms with Gasteiger partial charge in [0.15, 0.2) is 0 Å². The van der Waals surface area contributed by atoms with Gasteiger partial charge in [0.05, 0.1) is 6.61 Å². The zero-order chi connectivity index (χ0) is 12.6. The molecule has 2 heterocycles. The van der Waals surface area contributed by atoms with Crippen LogP contribution < -0.4 is 5.56 Å². The summed E-state index contributed by atoms with van der Waals surface area (Å²) in [6.45, 7) is 1.28. The highest BCUT2D eigenvalue weighted by Crippen LogP contribution is 2.32. The van der Waals surface area contributed by atoms with Crippen molar-refractivity contribution in [2.45, 2.75) is 31.3 Å². The van der Waals surface area contributed by atoms with E-state index in [0.717, 1.165) is 0 Å². The van der Waals surface area contributed by atoms with E-state index in [9.17, 15) is 15.0 Å². The molecule has 6 nitrogen and oxygen atoms in total. The lowest BCUT2D eigenvalue weighted by atomic mass is 10.0. The quantitative estimate of drug-likeness (QED) is 0.523. The van der Waals surface area contributed by atoms with E-state index in [0.29, 0.717) is 11.1 Å². The van der Waals surface area contributed by atoms with Gasteiger partial charge in [-0.1, -0.05) is 0 Å². The third-order valence-corrected chi connectivity index (χ3v) is 2.98. The Morgan fingerprint density at radius 1 is 1.41 bits per heavy atom. The molecule has 0 spiro atoms. The normalized spacial score (nSPS) is 32.9. The van der Waals surface area contributed by atoms with Crippen LogP contribution in [0.1, 0.15) is 17.2 Å². The maximum Gasteiger partial charge on any atom is 0.250 e. The van der Waals surface area contributed by atoms with Crippen molar-refractivity contribution in [3.05, 3.63) is 33.7 Å². The van der Waals surface area contributed by atoms with Gasteiger partial charge in [-0.25, -0.2) is 0 Å². The van der Waals surface area contributed by atoms with E-state index in [-0.39, 0.29) is 12.2 Å². The van der Waals surface area contributed by atoms with Crippen LogP contribution >= 0.6 is 0 Å². The minimum absolute atomic E-state index is 0.208.